The van der Waals surface area contributed by atoms with E-state index in [-0.39, 0.29) is 13.3 Å². The van der Waals surface area contributed by atoms with Crippen LogP contribution in [-0.4, -0.2) is 0 Å². The monoisotopic (exact) mass is 108 g/mol. The zero-order valence-corrected chi connectivity index (χ0v) is 4.67. The van der Waals surface area contributed by atoms with Crippen LogP contribution in [0.5, 0.6) is 0 Å². The van der Waals surface area contributed by atoms with Crippen molar-refractivity contribution in [3.63, 3.8) is 0 Å². The SMILES string of the molecule is [2H]CC([2H])c1ccccc1. The van der Waals surface area contributed by atoms with Gasteiger partial charge in [-0.3, -0.25) is 0 Å². The van der Waals surface area contributed by atoms with Crippen LogP contribution in [0.25, 0.3) is 0 Å². The molecule has 0 aromatic heterocycles. The predicted molar refractivity (Wildman–Crippen MR) is 35.8 cm³/mol. The first-order valence-corrected chi connectivity index (χ1v) is 2.61. The molecule has 0 saturated carbocycles. The fourth-order valence-electron chi connectivity index (χ4n) is 0.589. The minimum absolute atomic E-state index is 0.143. The lowest BCUT2D eigenvalue weighted by Crippen LogP contribution is -1.73. The van der Waals surface area contributed by atoms with E-state index in [2.05, 4.69) is 0 Å². The first-order chi connectivity index (χ1) is 4.84. The van der Waals surface area contributed by atoms with Gasteiger partial charge in [0.15, 0.2) is 0 Å². The van der Waals surface area contributed by atoms with Gasteiger partial charge in [-0.05, 0) is 12.0 Å². The highest BCUT2D eigenvalue weighted by Crippen LogP contribution is 1.96. The van der Waals surface area contributed by atoms with Crippen LogP contribution < -0.4 is 0 Å². The predicted octanol–water partition coefficient (Wildman–Crippen LogP) is 2.25. The molecule has 0 bridgehead atoms. The minimum Gasteiger partial charge on any atom is -0.0622 e. The molecule has 42 valence electrons. The molecule has 1 atom stereocenters. The van der Waals surface area contributed by atoms with E-state index >= 15 is 0 Å². The molecule has 0 saturated heterocycles. The molecule has 0 fully saturated rings. The molecule has 0 amide bonds. The van der Waals surface area contributed by atoms with Gasteiger partial charge in [-0.15, -0.1) is 0 Å². The topological polar surface area (TPSA) is 0 Å². The molecule has 0 spiro atoms. The van der Waals surface area contributed by atoms with Crippen LogP contribution in [0.1, 0.15) is 15.2 Å². The van der Waals surface area contributed by atoms with Crippen molar-refractivity contribution in [1.82, 2.24) is 0 Å². The molecule has 0 N–H and O–H groups in total. The van der Waals surface area contributed by atoms with Crippen LogP contribution in [0.2, 0.25) is 0 Å². The quantitative estimate of drug-likeness (QED) is 0.517. The van der Waals surface area contributed by atoms with E-state index in [1.54, 1.807) is 0 Å². The van der Waals surface area contributed by atoms with Crippen molar-refractivity contribution in [2.45, 2.75) is 13.3 Å². The van der Waals surface area contributed by atoms with Gasteiger partial charge in [-0.25, -0.2) is 0 Å². The molecule has 1 aromatic rings. The second-order valence-electron chi connectivity index (χ2n) is 1.61. The lowest BCUT2D eigenvalue weighted by molar-refractivity contribution is 1.14. The van der Waals surface area contributed by atoms with Crippen molar-refractivity contribution in [3.8, 4) is 0 Å². The van der Waals surface area contributed by atoms with Gasteiger partial charge in [0, 0.05) is 2.74 Å². The first-order valence-electron chi connectivity index (χ1n) is 3.89. The highest BCUT2D eigenvalue weighted by molar-refractivity contribution is 5.13. The Balaban J connectivity index is 2.75. The molecule has 1 unspecified atom stereocenters. The maximum atomic E-state index is 7.37. The zero-order chi connectivity index (χ0) is 7.40. The lowest BCUT2D eigenvalue weighted by atomic mass is 10.2. The molecule has 0 heterocycles. The molecular formula is C8H10. The van der Waals surface area contributed by atoms with Crippen LogP contribution >= 0.6 is 0 Å². The number of benzene rings is 1. The Hall–Kier alpha value is -0.780. The smallest absolute Gasteiger partial charge is 0.0313 e. The Bertz CT molecular complexity index is 184. The van der Waals surface area contributed by atoms with Crippen LogP contribution in [0, 0.1) is 0 Å². The van der Waals surface area contributed by atoms with Gasteiger partial charge >= 0.3 is 0 Å². The Morgan fingerprint density at radius 1 is 1.50 bits per heavy atom. The normalized spacial score (nSPS) is 16.5. The molecule has 0 nitrogen and oxygen atoms in total. The average molecular weight is 108 g/mol. The molecule has 0 aliphatic heterocycles. The Labute approximate surface area is 53.0 Å². The summed E-state index contributed by atoms with van der Waals surface area (Å²) in [4.78, 5) is 0. The number of rotatable bonds is 1. The van der Waals surface area contributed by atoms with E-state index in [9.17, 15) is 0 Å². The Morgan fingerprint density at radius 2 is 2.25 bits per heavy atom. The number of aryl methyl sites for hydroxylation is 1. The zero-order valence-electron chi connectivity index (χ0n) is 6.67. The maximum Gasteiger partial charge on any atom is 0.0313 e. The summed E-state index contributed by atoms with van der Waals surface area (Å²) in [5.41, 5.74) is 0.928. The fourth-order valence-corrected chi connectivity index (χ4v) is 0.589. The summed E-state index contributed by atoms with van der Waals surface area (Å²) >= 11 is 0. The van der Waals surface area contributed by atoms with Gasteiger partial charge in [0.05, 0.1) is 0 Å². The summed E-state index contributed by atoms with van der Waals surface area (Å²) in [6.45, 7) is 0.143. The van der Waals surface area contributed by atoms with Gasteiger partial charge in [0.2, 0.25) is 0 Å². The van der Waals surface area contributed by atoms with Gasteiger partial charge in [0.1, 0.15) is 0 Å². The molecule has 1 aromatic carbocycles. The van der Waals surface area contributed by atoms with E-state index < -0.39 is 0 Å². The summed E-state index contributed by atoms with van der Waals surface area (Å²) < 4.78 is 14.3. The van der Waals surface area contributed by atoms with E-state index in [0.717, 1.165) is 5.56 Å². The van der Waals surface area contributed by atoms with Gasteiger partial charge in [0.25, 0.3) is 0 Å². The fraction of sp³-hybridized carbons (Fsp3) is 0.250. The van der Waals surface area contributed by atoms with Crippen LogP contribution in [0.15, 0.2) is 30.3 Å². The van der Waals surface area contributed by atoms with Crippen molar-refractivity contribution in [2.24, 2.45) is 0 Å². The van der Waals surface area contributed by atoms with E-state index in [1.807, 2.05) is 30.3 Å². The maximum absolute atomic E-state index is 7.37. The van der Waals surface area contributed by atoms with Crippen LogP contribution in [-0.2, 0) is 6.40 Å². The first kappa shape index (κ1) is 3.29. The van der Waals surface area contributed by atoms with Gasteiger partial charge < -0.3 is 0 Å². The summed E-state index contributed by atoms with van der Waals surface area (Å²) in [7, 11) is 0. The average Bonchev–Trinajstić information content (AvgIpc) is 2.05. The lowest BCUT2D eigenvalue weighted by Gasteiger charge is -1.89. The van der Waals surface area contributed by atoms with Crippen LogP contribution in [0.3, 0.4) is 0 Å². The van der Waals surface area contributed by atoms with Gasteiger partial charge in [-0.1, -0.05) is 37.2 Å². The second kappa shape index (κ2) is 2.51. The highest BCUT2D eigenvalue weighted by Gasteiger charge is 1.79. The molecule has 0 aliphatic carbocycles. The second-order valence-corrected chi connectivity index (χ2v) is 1.61. The standard InChI is InChI=1S/C8H10/c1-2-8-6-4-3-5-7-8/h3-7H,2H2,1H3/i1D,2D. The van der Waals surface area contributed by atoms with Crippen LogP contribution in [0.4, 0.5) is 0 Å². The number of hydrogen-bond donors (Lipinski definition) is 0. The molecule has 8 heavy (non-hydrogen) atoms. The summed E-state index contributed by atoms with van der Waals surface area (Å²) in [6, 6.07) is 9.47. The van der Waals surface area contributed by atoms with E-state index in [4.69, 9.17) is 2.74 Å². The molecule has 1 rings (SSSR count). The minimum atomic E-state index is -0.374. The van der Waals surface area contributed by atoms with E-state index in [0.29, 0.717) is 0 Å². The highest BCUT2D eigenvalue weighted by atomic mass is 13.9. The van der Waals surface area contributed by atoms with Crippen molar-refractivity contribution < 1.29 is 2.74 Å². The van der Waals surface area contributed by atoms with E-state index in [1.165, 1.54) is 0 Å². The summed E-state index contributed by atoms with van der Waals surface area (Å²) in [5, 5.41) is 0. The van der Waals surface area contributed by atoms with Crippen molar-refractivity contribution in [3.05, 3.63) is 35.9 Å². The third kappa shape index (κ3) is 1.09. The third-order valence-electron chi connectivity index (χ3n) is 1.04. The molecule has 0 heteroatoms. The Kier molecular flexibility index (Phi) is 1.03. The molecule has 0 radical (unpaired) electrons. The summed E-state index contributed by atoms with van der Waals surface area (Å²) in [6.07, 6.45) is -0.374. The number of hydrogen-bond acceptors (Lipinski definition) is 0. The third-order valence-corrected chi connectivity index (χ3v) is 1.04. The van der Waals surface area contributed by atoms with Crippen molar-refractivity contribution >= 4 is 0 Å². The largest absolute Gasteiger partial charge is 0.0622 e. The van der Waals surface area contributed by atoms with Gasteiger partial charge in [-0.2, -0.15) is 0 Å². The molecular weight excluding hydrogens is 96.1 g/mol. The van der Waals surface area contributed by atoms with Crippen molar-refractivity contribution in [2.75, 3.05) is 0 Å². The Morgan fingerprint density at radius 3 is 2.88 bits per heavy atom. The molecule has 0 aliphatic rings. The summed E-state index contributed by atoms with van der Waals surface area (Å²) in [5.74, 6) is 0. The van der Waals surface area contributed by atoms with Crippen molar-refractivity contribution in [1.29, 1.82) is 0 Å².